The van der Waals surface area contributed by atoms with Crippen molar-refractivity contribution < 1.29 is 14.3 Å². The van der Waals surface area contributed by atoms with Crippen LogP contribution in [0.1, 0.15) is 25.7 Å². The molecule has 2 amide bonds. The van der Waals surface area contributed by atoms with Crippen molar-refractivity contribution in [2.24, 2.45) is 13.0 Å². The number of piperidine rings is 1. The highest BCUT2D eigenvalue weighted by atomic mass is 16.5. The molecule has 8 nitrogen and oxygen atoms in total. The van der Waals surface area contributed by atoms with Gasteiger partial charge in [0.1, 0.15) is 11.4 Å². The fourth-order valence-electron chi connectivity index (χ4n) is 3.27. The number of aryl methyl sites for hydroxylation is 1. The predicted molar refractivity (Wildman–Crippen MR) is 93.0 cm³/mol. The second kappa shape index (κ2) is 7.43. The van der Waals surface area contributed by atoms with Crippen molar-refractivity contribution in [2.45, 2.75) is 31.2 Å². The second-order valence-electron chi connectivity index (χ2n) is 6.93. The van der Waals surface area contributed by atoms with E-state index in [-0.39, 0.29) is 17.7 Å². The molecule has 1 aromatic rings. The van der Waals surface area contributed by atoms with Gasteiger partial charge in [0, 0.05) is 52.0 Å². The summed E-state index contributed by atoms with van der Waals surface area (Å²) in [6.07, 6.45) is 4.99. The first-order chi connectivity index (χ1) is 12.0. The van der Waals surface area contributed by atoms with Gasteiger partial charge in [-0.05, 0) is 25.7 Å². The number of ether oxygens (including phenoxy) is 1. The van der Waals surface area contributed by atoms with Crippen molar-refractivity contribution in [3.63, 3.8) is 0 Å². The Kier molecular flexibility index (Phi) is 5.27. The molecule has 1 aliphatic heterocycles. The Balaban J connectivity index is 1.68. The lowest BCUT2D eigenvalue weighted by Gasteiger charge is -2.41. The summed E-state index contributed by atoms with van der Waals surface area (Å²) in [5.41, 5.74) is -0.748. The van der Waals surface area contributed by atoms with E-state index >= 15 is 0 Å². The highest BCUT2D eigenvalue weighted by Crippen LogP contribution is 2.34. The number of nitrogens with zero attached hydrogens (tertiary/aromatic N) is 3. The number of hydrogen-bond acceptors (Lipinski definition) is 5. The summed E-state index contributed by atoms with van der Waals surface area (Å²) < 4.78 is 6.71. The van der Waals surface area contributed by atoms with Crippen molar-refractivity contribution >= 4 is 17.6 Å². The predicted octanol–water partition coefficient (Wildman–Crippen LogP) is 0.366. The molecule has 8 heteroatoms. The number of amides is 2. The fraction of sp³-hybridized carbons (Fsp3) is 0.706. The van der Waals surface area contributed by atoms with E-state index in [2.05, 4.69) is 15.7 Å². The van der Waals surface area contributed by atoms with Crippen molar-refractivity contribution in [2.75, 3.05) is 38.7 Å². The minimum Gasteiger partial charge on any atom is -0.383 e. The molecule has 2 heterocycles. The molecule has 138 valence electrons. The Hall–Kier alpha value is -2.09. The first-order valence-electron chi connectivity index (χ1n) is 8.88. The van der Waals surface area contributed by atoms with Crippen LogP contribution in [0.25, 0.3) is 0 Å². The smallest absolute Gasteiger partial charge is 0.245 e. The van der Waals surface area contributed by atoms with E-state index in [4.69, 9.17) is 4.74 Å². The maximum absolute atomic E-state index is 12.9. The van der Waals surface area contributed by atoms with E-state index in [1.807, 2.05) is 24.2 Å². The molecule has 3 rings (SSSR count). The van der Waals surface area contributed by atoms with Gasteiger partial charge in [-0.2, -0.15) is 5.10 Å². The first kappa shape index (κ1) is 17.7. The number of carbonyl (C=O) groups excluding carboxylic acids is 2. The Morgan fingerprint density at radius 3 is 2.64 bits per heavy atom. The maximum atomic E-state index is 12.9. The van der Waals surface area contributed by atoms with Crippen molar-refractivity contribution in [3.05, 3.63) is 12.3 Å². The lowest BCUT2D eigenvalue weighted by molar-refractivity contribution is -0.137. The van der Waals surface area contributed by atoms with Crippen molar-refractivity contribution in [1.82, 2.24) is 20.0 Å². The molecule has 1 saturated heterocycles. The average molecular weight is 349 g/mol. The van der Waals surface area contributed by atoms with Gasteiger partial charge < -0.3 is 20.3 Å². The van der Waals surface area contributed by atoms with Gasteiger partial charge in [0.2, 0.25) is 11.8 Å². The zero-order chi connectivity index (χ0) is 17.9. The molecule has 1 aromatic heterocycles. The molecule has 2 N–H and O–H groups in total. The number of anilines is 1. The number of hydrogen-bond donors (Lipinski definition) is 2. The van der Waals surface area contributed by atoms with Gasteiger partial charge in [0.15, 0.2) is 0 Å². The standard InChI is InChI=1S/C17H27N5O3/c1-21-9-5-14(20-21)19-17(16(24)18-8-12-25-2)6-10-22(11-7-17)15(23)13-3-4-13/h5,9,13H,3-4,6-8,10-12H2,1-2H3,(H,18,24)(H,19,20). The Morgan fingerprint density at radius 2 is 2.08 bits per heavy atom. The molecule has 1 saturated carbocycles. The maximum Gasteiger partial charge on any atom is 0.245 e. The average Bonchev–Trinajstić information content (AvgIpc) is 3.38. The van der Waals surface area contributed by atoms with E-state index in [0.29, 0.717) is 44.9 Å². The zero-order valence-corrected chi connectivity index (χ0v) is 15.0. The van der Waals surface area contributed by atoms with Crippen LogP contribution in [0.4, 0.5) is 5.82 Å². The lowest BCUT2D eigenvalue weighted by Crippen LogP contribution is -2.59. The van der Waals surface area contributed by atoms with Crippen LogP contribution in [0.5, 0.6) is 0 Å². The van der Waals surface area contributed by atoms with Gasteiger partial charge in [0.05, 0.1) is 6.61 Å². The first-order valence-corrected chi connectivity index (χ1v) is 8.88. The van der Waals surface area contributed by atoms with Crippen molar-refractivity contribution in [3.8, 4) is 0 Å². The minimum absolute atomic E-state index is 0.0614. The normalized spacial score (nSPS) is 19.5. The van der Waals surface area contributed by atoms with Gasteiger partial charge in [-0.1, -0.05) is 0 Å². The molecule has 2 fully saturated rings. The van der Waals surface area contributed by atoms with Crippen LogP contribution in [0.15, 0.2) is 12.3 Å². The number of nitrogens with one attached hydrogen (secondary N) is 2. The molecule has 0 atom stereocenters. The Labute approximate surface area is 147 Å². The molecule has 1 aliphatic carbocycles. The quantitative estimate of drug-likeness (QED) is 0.694. The third-order valence-corrected chi connectivity index (χ3v) is 4.96. The molecular formula is C17H27N5O3. The topological polar surface area (TPSA) is 88.5 Å². The fourth-order valence-corrected chi connectivity index (χ4v) is 3.27. The van der Waals surface area contributed by atoms with Gasteiger partial charge in [0.25, 0.3) is 0 Å². The van der Waals surface area contributed by atoms with Crippen molar-refractivity contribution in [1.29, 1.82) is 0 Å². The summed E-state index contributed by atoms with van der Waals surface area (Å²) in [4.78, 5) is 27.0. The third kappa shape index (κ3) is 4.12. The number of carbonyl (C=O) groups is 2. The van der Waals surface area contributed by atoms with Crippen LogP contribution in [0.3, 0.4) is 0 Å². The zero-order valence-electron chi connectivity index (χ0n) is 15.0. The molecule has 0 radical (unpaired) electrons. The SMILES string of the molecule is COCCNC(=O)C1(Nc2ccn(C)n2)CCN(C(=O)C2CC2)CC1. The van der Waals surface area contributed by atoms with Crippen LogP contribution in [-0.4, -0.2) is 65.4 Å². The highest BCUT2D eigenvalue weighted by Gasteiger charge is 2.44. The second-order valence-corrected chi connectivity index (χ2v) is 6.93. The van der Waals surface area contributed by atoms with Gasteiger partial charge >= 0.3 is 0 Å². The monoisotopic (exact) mass is 349 g/mol. The van der Waals surface area contributed by atoms with Crippen LogP contribution in [-0.2, 0) is 21.4 Å². The van der Waals surface area contributed by atoms with Crippen LogP contribution < -0.4 is 10.6 Å². The number of aromatic nitrogens is 2. The molecule has 0 unspecified atom stereocenters. The van der Waals surface area contributed by atoms with E-state index in [0.717, 1.165) is 12.8 Å². The van der Waals surface area contributed by atoms with E-state index in [1.54, 1.807) is 11.8 Å². The molecule has 2 aliphatic rings. The van der Waals surface area contributed by atoms with Crippen LogP contribution >= 0.6 is 0 Å². The summed E-state index contributed by atoms with van der Waals surface area (Å²) in [6, 6.07) is 1.85. The molecule has 0 bridgehead atoms. The lowest BCUT2D eigenvalue weighted by atomic mass is 9.86. The third-order valence-electron chi connectivity index (χ3n) is 4.96. The molecule has 0 spiro atoms. The van der Waals surface area contributed by atoms with Gasteiger partial charge in [-0.25, -0.2) is 0 Å². The van der Waals surface area contributed by atoms with Gasteiger partial charge in [-0.3, -0.25) is 14.3 Å². The molecule has 25 heavy (non-hydrogen) atoms. The largest absolute Gasteiger partial charge is 0.383 e. The number of methoxy groups -OCH3 is 1. The van der Waals surface area contributed by atoms with Gasteiger partial charge in [-0.15, -0.1) is 0 Å². The number of likely N-dealkylation sites (tertiary alicyclic amines) is 1. The summed E-state index contributed by atoms with van der Waals surface area (Å²) >= 11 is 0. The molecular weight excluding hydrogens is 322 g/mol. The molecule has 0 aromatic carbocycles. The van der Waals surface area contributed by atoms with Crippen LogP contribution in [0.2, 0.25) is 0 Å². The van der Waals surface area contributed by atoms with E-state index in [9.17, 15) is 9.59 Å². The Bertz CT molecular complexity index is 618. The highest BCUT2D eigenvalue weighted by molar-refractivity contribution is 5.90. The van der Waals surface area contributed by atoms with E-state index in [1.165, 1.54) is 0 Å². The summed E-state index contributed by atoms with van der Waals surface area (Å²) in [7, 11) is 3.45. The summed E-state index contributed by atoms with van der Waals surface area (Å²) in [5, 5.41) is 10.6. The minimum atomic E-state index is -0.748. The van der Waals surface area contributed by atoms with E-state index < -0.39 is 5.54 Å². The van der Waals surface area contributed by atoms with Crippen LogP contribution in [0, 0.1) is 5.92 Å². The summed E-state index contributed by atoms with van der Waals surface area (Å²) in [5.74, 6) is 1.07. The summed E-state index contributed by atoms with van der Waals surface area (Å²) in [6.45, 7) is 2.11. The number of rotatable bonds is 7. The Morgan fingerprint density at radius 1 is 1.36 bits per heavy atom.